The van der Waals surface area contributed by atoms with Crippen LogP contribution in [-0.2, 0) is 6.18 Å². The lowest BCUT2D eigenvalue weighted by molar-refractivity contribution is -0.137. The molecule has 34 heavy (non-hydrogen) atoms. The average molecular weight is 488 g/mol. The van der Waals surface area contributed by atoms with E-state index < -0.39 is 22.7 Å². The zero-order valence-corrected chi connectivity index (χ0v) is 18.7. The van der Waals surface area contributed by atoms with Crippen LogP contribution in [0.3, 0.4) is 0 Å². The van der Waals surface area contributed by atoms with Gasteiger partial charge in [0.2, 0.25) is 0 Å². The molecule has 7 nitrogen and oxygen atoms in total. The number of halogens is 4. The molecule has 174 valence electrons. The molecule has 4 aromatic rings. The third kappa shape index (κ3) is 3.63. The van der Waals surface area contributed by atoms with E-state index in [0.29, 0.717) is 17.0 Å². The number of benzene rings is 1. The van der Waals surface area contributed by atoms with Crippen LogP contribution < -0.4 is 4.90 Å². The van der Waals surface area contributed by atoms with Crippen LogP contribution in [0.25, 0.3) is 22.6 Å². The van der Waals surface area contributed by atoms with Gasteiger partial charge in [0, 0.05) is 36.3 Å². The number of aromatic nitrogens is 4. The molecule has 0 fully saturated rings. The second kappa shape index (κ2) is 7.98. The van der Waals surface area contributed by atoms with Crippen LogP contribution in [0.5, 0.6) is 0 Å². The van der Waals surface area contributed by atoms with Crippen molar-refractivity contribution >= 4 is 23.2 Å². The first-order valence-electron chi connectivity index (χ1n) is 10.3. The van der Waals surface area contributed by atoms with E-state index in [0.717, 1.165) is 23.3 Å². The van der Waals surface area contributed by atoms with Crippen molar-refractivity contribution < 1.29 is 22.5 Å². The fourth-order valence-electron chi connectivity index (χ4n) is 4.03. The molecule has 4 heterocycles. The van der Waals surface area contributed by atoms with Crippen molar-refractivity contribution in [1.29, 1.82) is 0 Å². The van der Waals surface area contributed by atoms with Gasteiger partial charge in [-0.2, -0.15) is 18.3 Å². The minimum absolute atomic E-state index is 0.213. The summed E-state index contributed by atoms with van der Waals surface area (Å²) in [5.74, 6) is -0.0933. The topological polar surface area (TPSA) is 77.0 Å². The van der Waals surface area contributed by atoms with Gasteiger partial charge < -0.3 is 9.42 Å². The Morgan fingerprint density at radius 3 is 2.65 bits per heavy atom. The fraction of sp³-hybridized carbons (Fsp3) is 0.217. The molecular formula is C23H17ClF3N5O2. The predicted molar refractivity (Wildman–Crippen MR) is 119 cm³/mol. The summed E-state index contributed by atoms with van der Waals surface area (Å²) < 4.78 is 46.4. The first-order chi connectivity index (χ1) is 16.1. The molecule has 0 unspecified atom stereocenters. The maximum absolute atomic E-state index is 13.5. The number of alkyl halides is 3. The van der Waals surface area contributed by atoms with Gasteiger partial charge >= 0.3 is 6.18 Å². The van der Waals surface area contributed by atoms with Crippen molar-refractivity contribution in [3.63, 3.8) is 0 Å². The van der Waals surface area contributed by atoms with E-state index in [4.69, 9.17) is 16.1 Å². The number of carbonyl (C=O) groups excluding carboxylic acids is 1. The van der Waals surface area contributed by atoms with Gasteiger partial charge in [-0.25, -0.2) is 0 Å². The summed E-state index contributed by atoms with van der Waals surface area (Å²) >= 11 is 5.89. The summed E-state index contributed by atoms with van der Waals surface area (Å²) in [6.07, 6.45) is 0.286. The summed E-state index contributed by atoms with van der Waals surface area (Å²) in [5, 5.41) is 7.99. The van der Waals surface area contributed by atoms with Crippen LogP contribution in [0.1, 0.15) is 34.6 Å². The summed E-state index contributed by atoms with van der Waals surface area (Å²) in [4.78, 5) is 19.0. The molecule has 0 radical (unpaired) electrons. The number of hydrogen-bond donors (Lipinski definition) is 0. The highest BCUT2D eigenvalue weighted by molar-refractivity contribution is 6.31. The van der Waals surface area contributed by atoms with Gasteiger partial charge in [-0.1, -0.05) is 16.8 Å². The zero-order valence-electron chi connectivity index (χ0n) is 18.0. The first kappa shape index (κ1) is 22.1. The van der Waals surface area contributed by atoms with E-state index >= 15 is 0 Å². The van der Waals surface area contributed by atoms with Gasteiger partial charge in [0.05, 0.1) is 28.4 Å². The van der Waals surface area contributed by atoms with Gasteiger partial charge in [0.25, 0.3) is 5.91 Å². The standard InChI is InChI=1S/C23H17ClF3N5O2/c1-12-5-6-28-9-15(12)19-8-20(34-30-19)16-10-29-32-13(2)11-31(22(33)21(16)32)14-3-4-17(18(24)7-14)23(25,26)27/h3-10,13H,11H2,1-2H3/t13-/m0/s1. The number of hydrogen-bond acceptors (Lipinski definition) is 5. The molecule has 11 heteroatoms. The molecule has 5 rings (SSSR count). The van der Waals surface area contributed by atoms with Crippen molar-refractivity contribution in [2.45, 2.75) is 26.1 Å². The number of nitrogens with zero attached hydrogens (tertiary/aromatic N) is 5. The molecule has 0 bridgehead atoms. The molecule has 1 amide bonds. The first-order valence-corrected chi connectivity index (χ1v) is 10.7. The van der Waals surface area contributed by atoms with Crippen molar-refractivity contribution in [2.24, 2.45) is 0 Å². The summed E-state index contributed by atoms with van der Waals surface area (Å²) in [5.41, 5.74) is 2.29. The van der Waals surface area contributed by atoms with Crippen LogP contribution in [0.2, 0.25) is 5.02 Å². The smallest absolute Gasteiger partial charge is 0.356 e. The SMILES string of the molecule is Cc1ccncc1-c1cc(-c2cnn3c2C(=O)N(c2ccc(C(F)(F)F)c(Cl)c2)C[C@@H]3C)on1. The lowest BCUT2D eigenvalue weighted by atomic mass is 10.1. The Kier molecular flexibility index (Phi) is 5.20. The van der Waals surface area contributed by atoms with Crippen molar-refractivity contribution in [2.75, 3.05) is 11.4 Å². The molecular weight excluding hydrogens is 471 g/mol. The van der Waals surface area contributed by atoms with Crippen LogP contribution in [-0.4, -0.2) is 32.4 Å². The Bertz CT molecular complexity index is 1410. The van der Waals surface area contributed by atoms with E-state index in [1.165, 1.54) is 17.2 Å². The van der Waals surface area contributed by atoms with Gasteiger partial charge in [-0.05, 0) is 43.7 Å². The number of carbonyl (C=O) groups is 1. The summed E-state index contributed by atoms with van der Waals surface area (Å²) in [6, 6.07) is 6.57. The molecule has 0 aliphatic carbocycles. The highest BCUT2D eigenvalue weighted by Gasteiger charge is 2.37. The monoisotopic (exact) mass is 487 g/mol. The van der Waals surface area contributed by atoms with Crippen LogP contribution in [0.15, 0.2) is 53.4 Å². The number of amides is 1. The highest BCUT2D eigenvalue weighted by atomic mass is 35.5. The van der Waals surface area contributed by atoms with E-state index in [2.05, 4.69) is 15.2 Å². The minimum Gasteiger partial charge on any atom is -0.356 e. The number of rotatable bonds is 3. The maximum Gasteiger partial charge on any atom is 0.417 e. The number of aryl methyl sites for hydroxylation is 1. The Morgan fingerprint density at radius 1 is 1.15 bits per heavy atom. The lowest BCUT2D eigenvalue weighted by Gasteiger charge is -2.32. The maximum atomic E-state index is 13.5. The fourth-order valence-corrected chi connectivity index (χ4v) is 4.31. The Labute approximate surface area is 196 Å². The Morgan fingerprint density at radius 2 is 1.94 bits per heavy atom. The van der Waals surface area contributed by atoms with E-state index in [1.54, 1.807) is 23.1 Å². The third-order valence-corrected chi connectivity index (χ3v) is 6.08. The molecule has 0 saturated carbocycles. The normalized spacial score (nSPS) is 16.1. The van der Waals surface area contributed by atoms with Gasteiger partial charge in [-0.3, -0.25) is 14.5 Å². The summed E-state index contributed by atoms with van der Waals surface area (Å²) in [7, 11) is 0. The largest absolute Gasteiger partial charge is 0.417 e. The average Bonchev–Trinajstić information content (AvgIpc) is 3.43. The van der Waals surface area contributed by atoms with Crippen LogP contribution >= 0.6 is 11.6 Å². The van der Waals surface area contributed by atoms with Gasteiger partial charge in [-0.15, -0.1) is 0 Å². The van der Waals surface area contributed by atoms with E-state index in [1.807, 2.05) is 19.9 Å². The molecule has 0 N–H and O–H groups in total. The van der Waals surface area contributed by atoms with E-state index in [9.17, 15) is 18.0 Å². The third-order valence-electron chi connectivity index (χ3n) is 5.77. The number of fused-ring (bicyclic) bond motifs is 1. The molecule has 1 aliphatic heterocycles. The van der Waals surface area contributed by atoms with Crippen LogP contribution in [0, 0.1) is 6.92 Å². The quantitative estimate of drug-likeness (QED) is 0.365. The van der Waals surface area contributed by atoms with E-state index in [-0.39, 0.29) is 24.0 Å². The van der Waals surface area contributed by atoms with Crippen molar-refractivity contribution in [3.8, 4) is 22.6 Å². The van der Waals surface area contributed by atoms with Crippen molar-refractivity contribution in [3.05, 3.63) is 70.8 Å². The summed E-state index contributed by atoms with van der Waals surface area (Å²) in [6.45, 7) is 3.99. The highest BCUT2D eigenvalue weighted by Crippen LogP contribution is 2.39. The lowest BCUT2D eigenvalue weighted by Crippen LogP contribution is -2.42. The second-order valence-electron chi connectivity index (χ2n) is 8.05. The van der Waals surface area contributed by atoms with Gasteiger partial charge in [0.15, 0.2) is 5.76 Å². The number of pyridine rings is 1. The predicted octanol–water partition coefficient (Wildman–Crippen LogP) is 5.80. The van der Waals surface area contributed by atoms with Crippen LogP contribution in [0.4, 0.5) is 18.9 Å². The Hall–Kier alpha value is -3.66. The van der Waals surface area contributed by atoms with Crippen molar-refractivity contribution in [1.82, 2.24) is 19.9 Å². The molecule has 0 saturated heterocycles. The van der Waals surface area contributed by atoms with Gasteiger partial charge in [0.1, 0.15) is 11.4 Å². The molecule has 3 aromatic heterocycles. The molecule has 0 spiro atoms. The molecule has 1 atom stereocenters. The second-order valence-corrected chi connectivity index (χ2v) is 8.45. The molecule has 1 aromatic carbocycles. The minimum atomic E-state index is -4.59. The number of anilines is 1. The Balaban J connectivity index is 1.53. The zero-order chi connectivity index (χ0) is 24.2. The molecule has 1 aliphatic rings.